The Labute approximate surface area is 113 Å². The van der Waals surface area contributed by atoms with E-state index in [1.54, 1.807) is 29.0 Å². The van der Waals surface area contributed by atoms with Crippen molar-refractivity contribution in [3.63, 3.8) is 0 Å². The van der Waals surface area contributed by atoms with Crippen LogP contribution in [0.15, 0.2) is 51.9 Å². The van der Waals surface area contributed by atoms with E-state index in [-0.39, 0.29) is 5.56 Å². The molecule has 0 aliphatic rings. The number of ether oxygens (including phenoxy) is 1. The van der Waals surface area contributed by atoms with Crippen LogP contribution in [0.1, 0.15) is 0 Å². The fourth-order valence-corrected chi connectivity index (χ4v) is 2.06. The summed E-state index contributed by atoms with van der Waals surface area (Å²) in [5.74, 6) is 0.686. The monoisotopic (exact) mass is 308 g/mol. The molecule has 0 fully saturated rings. The molecule has 4 nitrogen and oxygen atoms in total. The Kier molecular flexibility index (Phi) is 4.04. The van der Waals surface area contributed by atoms with Gasteiger partial charge in [-0.15, -0.1) is 0 Å². The summed E-state index contributed by atoms with van der Waals surface area (Å²) in [5, 5.41) is 0. The van der Waals surface area contributed by atoms with Crippen LogP contribution in [0.4, 0.5) is 5.69 Å². The van der Waals surface area contributed by atoms with Gasteiger partial charge >= 0.3 is 0 Å². The van der Waals surface area contributed by atoms with Crippen LogP contribution in [-0.4, -0.2) is 11.2 Å². The minimum absolute atomic E-state index is 0.0325. The zero-order chi connectivity index (χ0) is 13.0. The van der Waals surface area contributed by atoms with Gasteiger partial charge in [0.05, 0.1) is 6.54 Å². The molecule has 0 amide bonds. The molecule has 0 unspecified atom stereocenters. The lowest BCUT2D eigenvalue weighted by atomic mass is 10.3. The van der Waals surface area contributed by atoms with Crippen LogP contribution in [0, 0.1) is 0 Å². The zero-order valence-electron chi connectivity index (χ0n) is 9.67. The predicted molar refractivity (Wildman–Crippen MR) is 74.8 cm³/mol. The lowest BCUT2D eigenvalue weighted by molar-refractivity contribution is 0.296. The number of rotatable bonds is 4. The molecule has 18 heavy (non-hydrogen) atoms. The molecule has 0 radical (unpaired) electrons. The standard InChI is InChI=1S/C13H13BrN2O2/c14-10-7-11(15)9-12(8-10)18-6-5-16-4-2-1-3-13(16)17/h1-4,7-9H,5-6,15H2. The van der Waals surface area contributed by atoms with Gasteiger partial charge in [-0.2, -0.15) is 0 Å². The average molecular weight is 309 g/mol. The molecule has 1 heterocycles. The molecule has 5 heteroatoms. The first kappa shape index (κ1) is 12.7. The smallest absolute Gasteiger partial charge is 0.250 e. The molecule has 94 valence electrons. The number of anilines is 1. The third-order valence-electron chi connectivity index (χ3n) is 2.39. The summed E-state index contributed by atoms with van der Waals surface area (Å²) in [6.45, 7) is 0.923. The van der Waals surface area contributed by atoms with Gasteiger partial charge < -0.3 is 15.0 Å². The van der Waals surface area contributed by atoms with E-state index >= 15 is 0 Å². The van der Waals surface area contributed by atoms with E-state index < -0.39 is 0 Å². The minimum atomic E-state index is -0.0325. The normalized spacial score (nSPS) is 10.3. The van der Waals surface area contributed by atoms with Crippen LogP contribution in [0.5, 0.6) is 5.75 Å². The van der Waals surface area contributed by atoms with E-state index in [4.69, 9.17) is 10.5 Å². The van der Waals surface area contributed by atoms with E-state index in [2.05, 4.69) is 15.9 Å². The number of hydrogen-bond donors (Lipinski definition) is 1. The van der Waals surface area contributed by atoms with Crippen molar-refractivity contribution in [2.45, 2.75) is 6.54 Å². The molecular formula is C13H13BrN2O2. The van der Waals surface area contributed by atoms with Gasteiger partial charge in [-0.3, -0.25) is 4.79 Å². The van der Waals surface area contributed by atoms with Crippen LogP contribution in [0.3, 0.4) is 0 Å². The van der Waals surface area contributed by atoms with Crippen molar-refractivity contribution in [3.8, 4) is 5.75 Å². The van der Waals surface area contributed by atoms with Crippen LogP contribution >= 0.6 is 15.9 Å². The van der Waals surface area contributed by atoms with E-state index in [1.165, 1.54) is 6.07 Å². The minimum Gasteiger partial charge on any atom is -0.492 e. The Morgan fingerprint density at radius 3 is 2.83 bits per heavy atom. The van der Waals surface area contributed by atoms with Crippen molar-refractivity contribution in [2.75, 3.05) is 12.3 Å². The quantitative estimate of drug-likeness (QED) is 0.882. The van der Waals surface area contributed by atoms with Crippen LogP contribution in [-0.2, 0) is 6.54 Å². The van der Waals surface area contributed by atoms with Gasteiger partial charge in [0.1, 0.15) is 12.4 Å². The summed E-state index contributed by atoms with van der Waals surface area (Å²) in [6, 6.07) is 10.4. The molecular weight excluding hydrogens is 296 g/mol. The summed E-state index contributed by atoms with van der Waals surface area (Å²) in [6.07, 6.45) is 1.74. The van der Waals surface area contributed by atoms with Crippen LogP contribution < -0.4 is 16.0 Å². The summed E-state index contributed by atoms with van der Waals surface area (Å²) in [7, 11) is 0. The first-order valence-corrected chi connectivity index (χ1v) is 6.29. The number of nitrogen functional groups attached to an aromatic ring is 1. The number of benzene rings is 1. The van der Waals surface area contributed by atoms with Crippen LogP contribution in [0.25, 0.3) is 0 Å². The third-order valence-corrected chi connectivity index (χ3v) is 2.85. The summed E-state index contributed by atoms with van der Waals surface area (Å²) in [4.78, 5) is 11.4. The largest absolute Gasteiger partial charge is 0.492 e. The highest BCUT2D eigenvalue weighted by Crippen LogP contribution is 2.22. The molecule has 2 aromatic rings. The second-order valence-electron chi connectivity index (χ2n) is 3.80. The predicted octanol–water partition coefficient (Wildman–Crippen LogP) is 2.27. The van der Waals surface area contributed by atoms with E-state index in [1.807, 2.05) is 12.1 Å². The molecule has 0 spiro atoms. The molecule has 1 aromatic heterocycles. The maximum Gasteiger partial charge on any atom is 0.250 e. The Hall–Kier alpha value is -1.75. The highest BCUT2D eigenvalue weighted by atomic mass is 79.9. The topological polar surface area (TPSA) is 57.2 Å². The highest BCUT2D eigenvalue weighted by Gasteiger charge is 1.99. The first-order valence-electron chi connectivity index (χ1n) is 5.49. The number of pyridine rings is 1. The van der Waals surface area contributed by atoms with Crippen molar-refractivity contribution < 1.29 is 4.74 Å². The lowest BCUT2D eigenvalue weighted by Crippen LogP contribution is -2.21. The Morgan fingerprint density at radius 2 is 2.11 bits per heavy atom. The number of nitrogens with zero attached hydrogens (tertiary/aromatic N) is 1. The molecule has 0 bridgehead atoms. The van der Waals surface area contributed by atoms with Gasteiger partial charge in [-0.1, -0.05) is 22.0 Å². The Bertz CT molecular complexity index is 575. The molecule has 0 saturated carbocycles. The maximum atomic E-state index is 11.4. The van der Waals surface area contributed by atoms with Gasteiger partial charge in [-0.05, 0) is 18.2 Å². The van der Waals surface area contributed by atoms with E-state index in [0.717, 1.165) is 4.47 Å². The first-order chi connectivity index (χ1) is 8.65. The van der Waals surface area contributed by atoms with Crippen LogP contribution in [0.2, 0.25) is 0 Å². The molecule has 0 aliphatic heterocycles. The molecule has 1 aromatic carbocycles. The molecule has 0 atom stereocenters. The Morgan fingerprint density at radius 1 is 1.28 bits per heavy atom. The summed E-state index contributed by atoms with van der Waals surface area (Å²) in [5.41, 5.74) is 6.30. The number of hydrogen-bond acceptors (Lipinski definition) is 3. The van der Waals surface area contributed by atoms with Crippen molar-refractivity contribution in [2.24, 2.45) is 0 Å². The van der Waals surface area contributed by atoms with Crippen molar-refractivity contribution in [1.29, 1.82) is 0 Å². The molecule has 0 aliphatic carbocycles. The fourth-order valence-electron chi connectivity index (χ4n) is 1.57. The summed E-state index contributed by atoms with van der Waals surface area (Å²) < 4.78 is 8.03. The number of aromatic nitrogens is 1. The van der Waals surface area contributed by atoms with Gasteiger partial charge in [0.15, 0.2) is 0 Å². The molecule has 0 saturated heterocycles. The fraction of sp³-hybridized carbons (Fsp3) is 0.154. The molecule has 2 rings (SSSR count). The summed E-state index contributed by atoms with van der Waals surface area (Å²) >= 11 is 3.35. The second-order valence-corrected chi connectivity index (χ2v) is 4.72. The van der Waals surface area contributed by atoms with Gasteiger partial charge in [-0.25, -0.2) is 0 Å². The van der Waals surface area contributed by atoms with E-state index in [9.17, 15) is 4.79 Å². The maximum absolute atomic E-state index is 11.4. The van der Waals surface area contributed by atoms with Crippen molar-refractivity contribution in [1.82, 2.24) is 4.57 Å². The third kappa shape index (κ3) is 3.37. The lowest BCUT2D eigenvalue weighted by Gasteiger charge is -2.09. The van der Waals surface area contributed by atoms with Gasteiger partial charge in [0.25, 0.3) is 5.56 Å². The number of nitrogens with two attached hydrogens (primary N) is 1. The van der Waals surface area contributed by atoms with Crippen molar-refractivity contribution in [3.05, 3.63) is 57.4 Å². The SMILES string of the molecule is Nc1cc(Br)cc(OCCn2ccccc2=O)c1. The molecule has 2 N–H and O–H groups in total. The van der Waals surface area contributed by atoms with Crippen molar-refractivity contribution >= 4 is 21.6 Å². The van der Waals surface area contributed by atoms with Gasteiger partial charge in [0, 0.05) is 28.5 Å². The average Bonchev–Trinajstić information content (AvgIpc) is 2.30. The van der Waals surface area contributed by atoms with E-state index in [0.29, 0.717) is 24.6 Å². The Balaban J connectivity index is 1.96. The highest BCUT2D eigenvalue weighted by molar-refractivity contribution is 9.10. The van der Waals surface area contributed by atoms with Gasteiger partial charge in [0.2, 0.25) is 0 Å². The number of halogens is 1. The zero-order valence-corrected chi connectivity index (χ0v) is 11.3. The second kappa shape index (κ2) is 5.73.